The molecule has 0 saturated carbocycles. The first-order valence-electron chi connectivity index (χ1n) is 6.99. The summed E-state index contributed by atoms with van der Waals surface area (Å²) in [7, 11) is 0. The summed E-state index contributed by atoms with van der Waals surface area (Å²) < 4.78 is 0. The molecule has 1 heteroatoms. The third kappa shape index (κ3) is 2.90. The van der Waals surface area contributed by atoms with Gasteiger partial charge in [-0.05, 0) is 54.8 Å². The van der Waals surface area contributed by atoms with Crippen molar-refractivity contribution in [3.8, 4) is 0 Å². The molecule has 1 unspecified atom stereocenters. The Morgan fingerprint density at radius 2 is 1.59 bits per heavy atom. The maximum Gasteiger partial charge on any atom is -0.00461 e. The third-order valence-electron chi connectivity index (χ3n) is 4.20. The van der Waals surface area contributed by atoms with Gasteiger partial charge >= 0.3 is 0 Å². The third-order valence-corrected chi connectivity index (χ3v) is 4.20. The first kappa shape index (κ1) is 12.6. The van der Waals surface area contributed by atoms with Gasteiger partial charge in [0.1, 0.15) is 0 Å². The number of hydrogen-bond donors (Lipinski definition) is 1. The zero-order chi connectivity index (χ0) is 12.3. The minimum Gasteiger partial charge on any atom is -0.317 e. The van der Waals surface area contributed by atoms with Gasteiger partial charge in [-0.3, -0.25) is 0 Å². The molecule has 1 aromatic rings. The van der Waals surface area contributed by atoms with Crippen LogP contribution in [0.15, 0.2) is 24.3 Å². The monoisotopic (exact) mass is 231 g/mol. The highest BCUT2D eigenvalue weighted by Crippen LogP contribution is 2.34. The second-order valence-electron chi connectivity index (χ2n) is 5.66. The van der Waals surface area contributed by atoms with Crippen molar-refractivity contribution in [1.29, 1.82) is 0 Å². The maximum atomic E-state index is 3.46. The lowest BCUT2D eigenvalue weighted by molar-refractivity contribution is 0.329. The SMILES string of the molecule is CC(C)c1ccccc1C(C)C1CCNCC1. The Balaban J connectivity index is 2.20. The Morgan fingerprint density at radius 1 is 1.00 bits per heavy atom. The lowest BCUT2D eigenvalue weighted by atomic mass is 9.78. The summed E-state index contributed by atoms with van der Waals surface area (Å²) in [6.45, 7) is 9.40. The van der Waals surface area contributed by atoms with E-state index in [9.17, 15) is 0 Å². The minimum absolute atomic E-state index is 0.635. The van der Waals surface area contributed by atoms with Gasteiger partial charge in [0.2, 0.25) is 0 Å². The van der Waals surface area contributed by atoms with Crippen LogP contribution in [0.3, 0.4) is 0 Å². The Hall–Kier alpha value is -0.820. The van der Waals surface area contributed by atoms with Gasteiger partial charge < -0.3 is 5.32 Å². The van der Waals surface area contributed by atoms with Gasteiger partial charge in [0.05, 0.1) is 0 Å². The molecule has 1 N–H and O–H groups in total. The number of hydrogen-bond acceptors (Lipinski definition) is 1. The zero-order valence-electron chi connectivity index (χ0n) is 11.4. The average Bonchev–Trinajstić information content (AvgIpc) is 2.39. The Kier molecular flexibility index (Phi) is 4.22. The summed E-state index contributed by atoms with van der Waals surface area (Å²) in [5.41, 5.74) is 3.12. The van der Waals surface area contributed by atoms with Crippen LogP contribution in [0.1, 0.15) is 56.6 Å². The van der Waals surface area contributed by atoms with E-state index < -0.39 is 0 Å². The molecular formula is C16H25N. The molecule has 0 aromatic heterocycles. The van der Waals surface area contributed by atoms with E-state index in [0.717, 1.165) is 5.92 Å². The van der Waals surface area contributed by atoms with E-state index in [0.29, 0.717) is 11.8 Å². The van der Waals surface area contributed by atoms with Gasteiger partial charge in [0.25, 0.3) is 0 Å². The van der Waals surface area contributed by atoms with Crippen LogP contribution in [0.4, 0.5) is 0 Å². The number of nitrogens with one attached hydrogen (secondary N) is 1. The topological polar surface area (TPSA) is 12.0 Å². The Labute approximate surface area is 106 Å². The van der Waals surface area contributed by atoms with Crippen molar-refractivity contribution in [3.05, 3.63) is 35.4 Å². The van der Waals surface area contributed by atoms with Crippen LogP contribution in [-0.2, 0) is 0 Å². The van der Waals surface area contributed by atoms with Crippen LogP contribution < -0.4 is 5.32 Å². The molecule has 1 aliphatic heterocycles. The van der Waals surface area contributed by atoms with Gasteiger partial charge in [-0.1, -0.05) is 45.0 Å². The van der Waals surface area contributed by atoms with E-state index in [1.165, 1.54) is 25.9 Å². The van der Waals surface area contributed by atoms with Crippen molar-refractivity contribution < 1.29 is 0 Å². The fourth-order valence-corrected chi connectivity index (χ4v) is 3.05. The summed E-state index contributed by atoms with van der Waals surface area (Å²) in [4.78, 5) is 0. The van der Waals surface area contributed by atoms with E-state index in [-0.39, 0.29) is 0 Å². The van der Waals surface area contributed by atoms with Crippen molar-refractivity contribution in [3.63, 3.8) is 0 Å². The normalized spacial score (nSPS) is 19.5. The molecule has 1 aromatic carbocycles. The Morgan fingerprint density at radius 3 is 2.18 bits per heavy atom. The van der Waals surface area contributed by atoms with E-state index in [1.807, 2.05) is 0 Å². The van der Waals surface area contributed by atoms with Crippen LogP contribution in [0.2, 0.25) is 0 Å². The van der Waals surface area contributed by atoms with Crippen LogP contribution >= 0.6 is 0 Å². The minimum atomic E-state index is 0.635. The van der Waals surface area contributed by atoms with Crippen molar-refractivity contribution in [2.75, 3.05) is 13.1 Å². The van der Waals surface area contributed by atoms with Crippen LogP contribution in [0, 0.1) is 5.92 Å². The first-order chi connectivity index (χ1) is 8.20. The molecule has 0 aliphatic carbocycles. The van der Waals surface area contributed by atoms with E-state index in [1.54, 1.807) is 11.1 Å². The highest BCUT2D eigenvalue weighted by molar-refractivity contribution is 5.32. The fraction of sp³-hybridized carbons (Fsp3) is 0.625. The second-order valence-corrected chi connectivity index (χ2v) is 5.66. The highest BCUT2D eigenvalue weighted by atomic mass is 14.9. The van der Waals surface area contributed by atoms with Crippen LogP contribution in [0.5, 0.6) is 0 Å². The molecule has 1 atom stereocenters. The fourth-order valence-electron chi connectivity index (χ4n) is 3.05. The molecule has 1 heterocycles. The summed E-state index contributed by atoms with van der Waals surface area (Å²) in [6.07, 6.45) is 2.65. The van der Waals surface area contributed by atoms with Gasteiger partial charge in [-0.2, -0.15) is 0 Å². The molecule has 0 amide bonds. The summed E-state index contributed by atoms with van der Waals surface area (Å²) in [5.74, 6) is 2.20. The summed E-state index contributed by atoms with van der Waals surface area (Å²) >= 11 is 0. The van der Waals surface area contributed by atoms with Gasteiger partial charge in [-0.15, -0.1) is 0 Å². The number of piperidine rings is 1. The number of benzene rings is 1. The molecule has 1 fully saturated rings. The first-order valence-corrected chi connectivity index (χ1v) is 6.99. The number of rotatable bonds is 3. The van der Waals surface area contributed by atoms with E-state index in [2.05, 4.69) is 50.4 Å². The molecule has 94 valence electrons. The highest BCUT2D eigenvalue weighted by Gasteiger charge is 2.23. The molecule has 0 radical (unpaired) electrons. The lowest BCUT2D eigenvalue weighted by Crippen LogP contribution is -2.30. The maximum absolute atomic E-state index is 3.46. The Bertz CT molecular complexity index is 350. The summed E-state index contributed by atoms with van der Waals surface area (Å²) in [5, 5.41) is 3.46. The average molecular weight is 231 g/mol. The molecular weight excluding hydrogens is 206 g/mol. The van der Waals surface area contributed by atoms with E-state index >= 15 is 0 Å². The van der Waals surface area contributed by atoms with Crippen molar-refractivity contribution >= 4 is 0 Å². The molecule has 1 aliphatic rings. The summed E-state index contributed by atoms with van der Waals surface area (Å²) in [6, 6.07) is 9.01. The van der Waals surface area contributed by atoms with Gasteiger partial charge in [0.15, 0.2) is 0 Å². The van der Waals surface area contributed by atoms with E-state index in [4.69, 9.17) is 0 Å². The molecule has 17 heavy (non-hydrogen) atoms. The smallest absolute Gasteiger partial charge is 0.00461 e. The van der Waals surface area contributed by atoms with Crippen LogP contribution in [-0.4, -0.2) is 13.1 Å². The van der Waals surface area contributed by atoms with Gasteiger partial charge in [0, 0.05) is 0 Å². The van der Waals surface area contributed by atoms with Crippen LogP contribution in [0.25, 0.3) is 0 Å². The molecule has 0 spiro atoms. The predicted molar refractivity (Wildman–Crippen MR) is 74.5 cm³/mol. The predicted octanol–water partition coefficient (Wildman–Crippen LogP) is 3.91. The standard InChI is InChI=1S/C16H25N/c1-12(2)15-6-4-5-7-16(15)13(3)14-8-10-17-11-9-14/h4-7,12-14,17H,8-11H2,1-3H3. The van der Waals surface area contributed by atoms with Crippen molar-refractivity contribution in [2.24, 2.45) is 5.92 Å². The zero-order valence-corrected chi connectivity index (χ0v) is 11.4. The molecule has 2 rings (SSSR count). The largest absolute Gasteiger partial charge is 0.317 e. The molecule has 1 nitrogen and oxygen atoms in total. The molecule has 0 bridgehead atoms. The lowest BCUT2D eigenvalue weighted by Gasteiger charge is -2.30. The second kappa shape index (κ2) is 5.68. The quantitative estimate of drug-likeness (QED) is 0.831. The van der Waals surface area contributed by atoms with Crippen molar-refractivity contribution in [1.82, 2.24) is 5.32 Å². The molecule has 1 saturated heterocycles. The van der Waals surface area contributed by atoms with Crippen molar-refractivity contribution in [2.45, 2.75) is 45.4 Å². The van der Waals surface area contributed by atoms with Gasteiger partial charge in [-0.25, -0.2) is 0 Å².